The molecule has 1 aromatic carbocycles. The number of rotatable bonds is 5. The number of nitrogens with zero attached hydrogens (tertiary/aromatic N) is 6. The summed E-state index contributed by atoms with van der Waals surface area (Å²) in [4.78, 5) is 17.6. The summed E-state index contributed by atoms with van der Waals surface area (Å²) in [6.07, 6.45) is 5.64. The number of ether oxygens (including phenoxy) is 3. The van der Waals surface area contributed by atoms with Gasteiger partial charge in [-0.05, 0) is 56.2 Å². The summed E-state index contributed by atoms with van der Waals surface area (Å²) >= 11 is 6.68. The molecule has 14 heteroatoms. The lowest BCUT2D eigenvalue weighted by Gasteiger charge is -2.25. The second-order valence-electron chi connectivity index (χ2n) is 12.1. The SMILES string of the molecule is COc1nc(N2CCOCC(O)C2)c2c(OC)nc(-c3c(C4CC4)c(Cl)cc4[nH]ncc34)c(F)c2n1.FC1CC2CCCN2C1. The zero-order chi connectivity index (χ0) is 31.2. The lowest BCUT2D eigenvalue weighted by Crippen LogP contribution is -2.33. The third-order valence-electron chi connectivity index (χ3n) is 9.05. The number of halogens is 3. The number of aromatic nitrogens is 5. The van der Waals surface area contributed by atoms with Gasteiger partial charge in [-0.2, -0.15) is 15.1 Å². The molecule has 2 N–H and O–H groups in total. The van der Waals surface area contributed by atoms with Crippen LogP contribution < -0.4 is 14.4 Å². The van der Waals surface area contributed by atoms with Gasteiger partial charge in [-0.15, -0.1) is 0 Å². The first-order valence-electron chi connectivity index (χ1n) is 15.4. The molecule has 6 heterocycles. The lowest BCUT2D eigenvalue weighted by atomic mass is 9.95. The van der Waals surface area contributed by atoms with E-state index >= 15 is 4.39 Å². The molecule has 3 atom stereocenters. The largest absolute Gasteiger partial charge is 0.480 e. The first-order chi connectivity index (χ1) is 21.9. The summed E-state index contributed by atoms with van der Waals surface area (Å²) in [5.74, 6) is 0.0602. The van der Waals surface area contributed by atoms with Crippen LogP contribution in [0.25, 0.3) is 33.1 Å². The summed E-state index contributed by atoms with van der Waals surface area (Å²) in [7, 11) is 2.88. The molecule has 4 aliphatic rings. The number of β-amino-alcohol motifs (C(OH)–C–C–N with tert-alkyl or cyclic N) is 1. The second kappa shape index (κ2) is 12.4. The van der Waals surface area contributed by atoms with E-state index in [9.17, 15) is 9.50 Å². The Labute approximate surface area is 263 Å². The number of anilines is 1. The molecule has 240 valence electrons. The van der Waals surface area contributed by atoms with Gasteiger partial charge in [0.05, 0.1) is 45.3 Å². The summed E-state index contributed by atoms with van der Waals surface area (Å²) < 4.78 is 45.6. The Morgan fingerprint density at radius 2 is 1.96 bits per heavy atom. The molecule has 3 saturated heterocycles. The monoisotopic (exact) mass is 643 g/mol. The Hall–Kier alpha value is -3.39. The number of alkyl halides is 1. The van der Waals surface area contributed by atoms with Gasteiger partial charge in [0, 0.05) is 41.6 Å². The van der Waals surface area contributed by atoms with Crippen LogP contribution in [0.15, 0.2) is 12.3 Å². The molecule has 4 aromatic rings. The van der Waals surface area contributed by atoms with Crippen LogP contribution in [0.1, 0.15) is 43.6 Å². The van der Waals surface area contributed by atoms with E-state index in [0.717, 1.165) is 31.4 Å². The molecule has 0 spiro atoms. The van der Waals surface area contributed by atoms with Gasteiger partial charge >= 0.3 is 6.01 Å². The van der Waals surface area contributed by atoms with E-state index in [2.05, 4.69) is 30.0 Å². The van der Waals surface area contributed by atoms with E-state index in [1.54, 1.807) is 11.1 Å². The molecule has 1 saturated carbocycles. The predicted octanol–water partition coefficient (Wildman–Crippen LogP) is 4.65. The van der Waals surface area contributed by atoms with Crippen LogP contribution in [-0.4, -0.2) is 107 Å². The van der Waals surface area contributed by atoms with Crippen molar-refractivity contribution in [3.8, 4) is 23.1 Å². The Bertz CT molecular complexity index is 1710. The number of aliphatic hydroxyl groups excluding tert-OH is 1. The van der Waals surface area contributed by atoms with Crippen LogP contribution in [0.5, 0.6) is 11.9 Å². The number of hydrogen-bond acceptors (Lipinski definition) is 10. The molecule has 8 rings (SSSR count). The first-order valence-corrected chi connectivity index (χ1v) is 15.8. The van der Waals surface area contributed by atoms with Crippen LogP contribution >= 0.6 is 11.6 Å². The second-order valence-corrected chi connectivity index (χ2v) is 12.5. The Balaban J connectivity index is 0.000000308. The molecular formula is C31H36ClF2N7O4. The summed E-state index contributed by atoms with van der Waals surface area (Å²) in [6.45, 7) is 3.08. The molecule has 4 fully saturated rings. The highest BCUT2D eigenvalue weighted by molar-refractivity contribution is 6.33. The molecule has 0 amide bonds. The summed E-state index contributed by atoms with van der Waals surface area (Å²) in [6, 6.07) is 2.41. The lowest BCUT2D eigenvalue weighted by molar-refractivity contribution is 0.0597. The number of H-pyrrole nitrogens is 1. The maximum absolute atomic E-state index is 16.5. The highest BCUT2D eigenvalue weighted by Gasteiger charge is 2.35. The van der Waals surface area contributed by atoms with Crippen LogP contribution in [0.3, 0.4) is 0 Å². The number of nitrogens with one attached hydrogen (secondary N) is 1. The normalized spacial score (nSPS) is 23.6. The maximum Gasteiger partial charge on any atom is 0.318 e. The fraction of sp³-hybridized carbons (Fsp3) is 0.548. The van der Waals surface area contributed by atoms with E-state index < -0.39 is 18.1 Å². The smallest absolute Gasteiger partial charge is 0.318 e. The van der Waals surface area contributed by atoms with E-state index in [4.69, 9.17) is 25.8 Å². The third-order valence-corrected chi connectivity index (χ3v) is 9.37. The maximum atomic E-state index is 16.5. The molecule has 3 aliphatic heterocycles. The van der Waals surface area contributed by atoms with E-state index in [1.807, 2.05) is 6.07 Å². The van der Waals surface area contributed by atoms with Gasteiger partial charge < -0.3 is 24.2 Å². The fourth-order valence-corrected chi connectivity index (χ4v) is 7.21. The van der Waals surface area contributed by atoms with Gasteiger partial charge in [0.2, 0.25) is 5.88 Å². The van der Waals surface area contributed by atoms with Gasteiger partial charge in [-0.25, -0.2) is 13.8 Å². The number of aliphatic hydroxyl groups is 1. The number of benzene rings is 1. The van der Waals surface area contributed by atoms with Crippen molar-refractivity contribution in [3.05, 3.63) is 28.7 Å². The Kier molecular flexibility index (Phi) is 8.36. The van der Waals surface area contributed by atoms with Crippen molar-refractivity contribution in [2.75, 3.05) is 58.5 Å². The molecule has 11 nitrogen and oxygen atoms in total. The summed E-state index contributed by atoms with van der Waals surface area (Å²) in [5.41, 5.74) is 2.16. The third kappa shape index (κ3) is 5.75. The van der Waals surface area contributed by atoms with Crippen molar-refractivity contribution in [1.82, 2.24) is 30.0 Å². The van der Waals surface area contributed by atoms with Gasteiger partial charge in [-0.1, -0.05) is 11.6 Å². The minimum absolute atomic E-state index is 0.00303. The number of pyridine rings is 1. The van der Waals surface area contributed by atoms with Crippen LogP contribution in [-0.2, 0) is 4.74 Å². The minimum Gasteiger partial charge on any atom is -0.480 e. The average Bonchev–Trinajstić information content (AvgIpc) is 3.52. The van der Waals surface area contributed by atoms with Crippen LogP contribution in [0.2, 0.25) is 5.02 Å². The van der Waals surface area contributed by atoms with E-state index in [0.29, 0.717) is 53.0 Å². The molecule has 0 radical (unpaired) electrons. The zero-order valence-electron chi connectivity index (χ0n) is 25.2. The number of aromatic amines is 1. The highest BCUT2D eigenvalue weighted by atomic mass is 35.5. The van der Waals surface area contributed by atoms with Crippen LogP contribution in [0.4, 0.5) is 14.6 Å². The molecule has 0 bridgehead atoms. The topological polar surface area (TPSA) is 122 Å². The quantitative estimate of drug-likeness (QED) is 0.318. The van der Waals surface area contributed by atoms with Gasteiger partial charge in [0.15, 0.2) is 5.82 Å². The van der Waals surface area contributed by atoms with Crippen molar-refractivity contribution in [1.29, 1.82) is 0 Å². The number of fused-ring (bicyclic) bond motifs is 3. The van der Waals surface area contributed by atoms with Crippen molar-refractivity contribution >= 4 is 39.2 Å². The van der Waals surface area contributed by atoms with Crippen molar-refractivity contribution in [3.63, 3.8) is 0 Å². The Morgan fingerprint density at radius 3 is 2.71 bits per heavy atom. The Morgan fingerprint density at radius 1 is 1.11 bits per heavy atom. The van der Waals surface area contributed by atoms with Gasteiger partial charge in [0.1, 0.15) is 28.6 Å². The van der Waals surface area contributed by atoms with Crippen molar-refractivity contribution in [2.45, 2.75) is 56.3 Å². The average molecular weight is 644 g/mol. The van der Waals surface area contributed by atoms with E-state index in [-0.39, 0.29) is 47.6 Å². The van der Waals surface area contributed by atoms with Crippen molar-refractivity contribution < 1.29 is 28.1 Å². The van der Waals surface area contributed by atoms with Gasteiger partial charge in [-0.3, -0.25) is 10.00 Å². The molecule has 3 aromatic heterocycles. The minimum atomic E-state index is -0.742. The highest BCUT2D eigenvalue weighted by Crippen LogP contribution is 2.51. The fourth-order valence-electron chi connectivity index (χ4n) is 6.85. The predicted molar refractivity (Wildman–Crippen MR) is 166 cm³/mol. The molecule has 3 unspecified atom stereocenters. The molecular weight excluding hydrogens is 608 g/mol. The number of methoxy groups -OCH3 is 2. The summed E-state index contributed by atoms with van der Waals surface area (Å²) in [5, 5.41) is 18.9. The molecule has 45 heavy (non-hydrogen) atoms. The van der Waals surface area contributed by atoms with E-state index in [1.165, 1.54) is 27.1 Å². The first kappa shape index (κ1) is 30.3. The standard InChI is InChI=1S/C24H24ClFN6O4.C7H12FN/c1-34-23-18-21(29-24(35-2)30-22(18)32-5-6-36-10-12(33)9-32)19(26)20(28-23)17-13-8-27-31-15(13)7-14(25)16(17)11-3-4-11;8-6-4-7-2-1-3-9(7)5-6/h7-8,11-12,33H,3-6,9-10H2,1-2H3,(H,27,31);6-7H,1-5H2. The number of hydrogen-bond donors (Lipinski definition) is 2. The van der Waals surface area contributed by atoms with Gasteiger partial charge in [0.25, 0.3) is 0 Å². The van der Waals surface area contributed by atoms with Crippen LogP contribution in [0, 0.1) is 5.82 Å². The zero-order valence-corrected chi connectivity index (χ0v) is 26.0. The van der Waals surface area contributed by atoms with Crippen molar-refractivity contribution in [2.24, 2.45) is 0 Å². The molecule has 1 aliphatic carbocycles.